The SMILES string of the molecule is Cc1ccc(C(CO)COc2cccc(F)c2)s1. The van der Waals surface area contributed by atoms with Gasteiger partial charge in [0, 0.05) is 15.8 Å². The summed E-state index contributed by atoms with van der Waals surface area (Å²) in [6, 6.07) is 10.0. The Morgan fingerprint density at radius 1 is 1.33 bits per heavy atom. The third-order valence-corrected chi connectivity index (χ3v) is 3.79. The van der Waals surface area contributed by atoms with E-state index in [9.17, 15) is 9.50 Å². The van der Waals surface area contributed by atoms with Gasteiger partial charge in [0.15, 0.2) is 0 Å². The van der Waals surface area contributed by atoms with Crippen LogP contribution >= 0.6 is 11.3 Å². The van der Waals surface area contributed by atoms with Gasteiger partial charge in [-0.15, -0.1) is 11.3 Å². The van der Waals surface area contributed by atoms with Crippen molar-refractivity contribution < 1.29 is 14.2 Å². The zero-order chi connectivity index (χ0) is 13.0. The lowest BCUT2D eigenvalue weighted by Gasteiger charge is -2.13. The van der Waals surface area contributed by atoms with Gasteiger partial charge in [0.05, 0.1) is 19.1 Å². The Hall–Kier alpha value is -1.39. The van der Waals surface area contributed by atoms with E-state index in [0.717, 1.165) is 4.88 Å². The van der Waals surface area contributed by atoms with Crippen LogP contribution in [-0.4, -0.2) is 18.3 Å². The molecule has 0 aliphatic heterocycles. The third-order valence-electron chi connectivity index (χ3n) is 2.63. The summed E-state index contributed by atoms with van der Waals surface area (Å²) < 4.78 is 18.5. The van der Waals surface area contributed by atoms with Crippen molar-refractivity contribution >= 4 is 11.3 Å². The normalized spacial score (nSPS) is 12.4. The lowest BCUT2D eigenvalue weighted by atomic mass is 10.1. The maximum Gasteiger partial charge on any atom is 0.126 e. The molecule has 0 spiro atoms. The summed E-state index contributed by atoms with van der Waals surface area (Å²) in [4.78, 5) is 2.29. The number of aliphatic hydroxyl groups is 1. The topological polar surface area (TPSA) is 29.5 Å². The van der Waals surface area contributed by atoms with Crippen LogP contribution in [0.5, 0.6) is 5.75 Å². The minimum Gasteiger partial charge on any atom is -0.493 e. The lowest BCUT2D eigenvalue weighted by Crippen LogP contribution is -2.13. The minimum absolute atomic E-state index is 0.0231. The van der Waals surface area contributed by atoms with E-state index < -0.39 is 0 Å². The molecule has 4 heteroatoms. The van der Waals surface area contributed by atoms with Crippen LogP contribution in [0.4, 0.5) is 4.39 Å². The summed E-state index contributed by atoms with van der Waals surface area (Å²) in [6.07, 6.45) is 0. The molecule has 0 amide bonds. The van der Waals surface area contributed by atoms with Crippen LogP contribution in [0, 0.1) is 12.7 Å². The first-order chi connectivity index (χ1) is 8.69. The van der Waals surface area contributed by atoms with E-state index in [1.165, 1.54) is 17.0 Å². The number of halogens is 1. The monoisotopic (exact) mass is 266 g/mol. The van der Waals surface area contributed by atoms with Crippen LogP contribution in [0.1, 0.15) is 15.7 Å². The number of aliphatic hydroxyl groups excluding tert-OH is 1. The van der Waals surface area contributed by atoms with E-state index in [0.29, 0.717) is 12.4 Å². The largest absolute Gasteiger partial charge is 0.493 e. The van der Waals surface area contributed by atoms with Gasteiger partial charge in [0.25, 0.3) is 0 Å². The highest BCUT2D eigenvalue weighted by atomic mass is 32.1. The fraction of sp³-hybridized carbons (Fsp3) is 0.286. The van der Waals surface area contributed by atoms with E-state index >= 15 is 0 Å². The summed E-state index contributed by atoms with van der Waals surface area (Å²) in [6.45, 7) is 2.39. The van der Waals surface area contributed by atoms with E-state index in [1.54, 1.807) is 23.5 Å². The highest BCUT2D eigenvalue weighted by Gasteiger charge is 2.13. The first kappa shape index (κ1) is 13.1. The second-order valence-corrected chi connectivity index (χ2v) is 5.42. The van der Waals surface area contributed by atoms with Crippen molar-refractivity contribution in [2.24, 2.45) is 0 Å². The fourth-order valence-electron chi connectivity index (χ4n) is 1.65. The molecule has 0 aliphatic carbocycles. The summed E-state index contributed by atoms with van der Waals surface area (Å²) in [5.74, 6) is 0.105. The number of rotatable bonds is 5. The van der Waals surface area contributed by atoms with Crippen LogP contribution in [-0.2, 0) is 0 Å². The number of hydrogen-bond acceptors (Lipinski definition) is 3. The standard InChI is InChI=1S/C14H15FO2S/c1-10-5-6-14(18-10)11(8-16)9-17-13-4-2-3-12(15)7-13/h2-7,11,16H,8-9H2,1H3. The molecule has 1 heterocycles. The second-order valence-electron chi connectivity index (χ2n) is 4.10. The maximum absolute atomic E-state index is 13.0. The molecule has 2 aromatic rings. The number of hydrogen-bond donors (Lipinski definition) is 1. The molecule has 96 valence electrons. The number of ether oxygens (including phenoxy) is 1. The molecule has 0 fully saturated rings. The van der Waals surface area contributed by atoms with E-state index in [4.69, 9.17) is 4.74 Å². The van der Waals surface area contributed by atoms with Gasteiger partial charge in [-0.2, -0.15) is 0 Å². The van der Waals surface area contributed by atoms with Gasteiger partial charge in [0.1, 0.15) is 11.6 Å². The smallest absolute Gasteiger partial charge is 0.126 e. The van der Waals surface area contributed by atoms with E-state index in [1.807, 2.05) is 19.1 Å². The van der Waals surface area contributed by atoms with Crippen molar-refractivity contribution in [2.45, 2.75) is 12.8 Å². The zero-order valence-corrected chi connectivity index (χ0v) is 10.9. The van der Waals surface area contributed by atoms with Gasteiger partial charge in [-0.25, -0.2) is 4.39 Å². The summed E-state index contributed by atoms with van der Waals surface area (Å²) >= 11 is 1.64. The minimum atomic E-state index is -0.319. The first-order valence-corrected chi connectivity index (χ1v) is 6.56. The maximum atomic E-state index is 13.0. The van der Waals surface area contributed by atoms with Crippen molar-refractivity contribution in [3.63, 3.8) is 0 Å². The Morgan fingerprint density at radius 3 is 2.78 bits per heavy atom. The van der Waals surface area contributed by atoms with Crippen LogP contribution in [0.25, 0.3) is 0 Å². The Bertz CT molecular complexity index is 510. The Morgan fingerprint density at radius 2 is 2.17 bits per heavy atom. The molecular formula is C14H15FO2S. The Labute approximate surface area is 110 Å². The summed E-state index contributed by atoms with van der Waals surface area (Å²) in [7, 11) is 0. The van der Waals surface area contributed by atoms with Crippen LogP contribution in [0.3, 0.4) is 0 Å². The van der Waals surface area contributed by atoms with Gasteiger partial charge < -0.3 is 9.84 Å². The molecule has 1 aromatic carbocycles. The van der Waals surface area contributed by atoms with Crippen LogP contribution < -0.4 is 4.74 Å². The van der Waals surface area contributed by atoms with Gasteiger partial charge in [-0.1, -0.05) is 6.07 Å². The van der Waals surface area contributed by atoms with Crippen molar-refractivity contribution in [2.75, 3.05) is 13.2 Å². The van der Waals surface area contributed by atoms with Crippen molar-refractivity contribution in [1.29, 1.82) is 0 Å². The molecular weight excluding hydrogens is 251 g/mol. The average Bonchev–Trinajstić information content (AvgIpc) is 2.77. The molecule has 0 saturated heterocycles. The van der Waals surface area contributed by atoms with E-state index in [2.05, 4.69) is 0 Å². The predicted molar refractivity (Wildman–Crippen MR) is 70.8 cm³/mol. The highest BCUT2D eigenvalue weighted by molar-refractivity contribution is 7.12. The number of aryl methyl sites for hydroxylation is 1. The third kappa shape index (κ3) is 3.31. The van der Waals surface area contributed by atoms with Crippen molar-refractivity contribution in [3.05, 3.63) is 52.0 Å². The molecule has 18 heavy (non-hydrogen) atoms. The molecule has 1 atom stereocenters. The van der Waals surface area contributed by atoms with Gasteiger partial charge >= 0.3 is 0 Å². The first-order valence-electron chi connectivity index (χ1n) is 5.74. The molecule has 2 nitrogen and oxygen atoms in total. The molecule has 0 radical (unpaired) electrons. The highest BCUT2D eigenvalue weighted by Crippen LogP contribution is 2.25. The Balaban J connectivity index is 1.99. The van der Waals surface area contributed by atoms with Gasteiger partial charge in [-0.05, 0) is 31.2 Å². The fourth-order valence-corrected chi connectivity index (χ4v) is 2.60. The van der Waals surface area contributed by atoms with E-state index in [-0.39, 0.29) is 18.3 Å². The molecule has 0 saturated carbocycles. The lowest BCUT2D eigenvalue weighted by molar-refractivity contribution is 0.206. The van der Waals surface area contributed by atoms with Gasteiger partial charge in [0.2, 0.25) is 0 Å². The quantitative estimate of drug-likeness (QED) is 0.899. The molecule has 1 aromatic heterocycles. The Kier molecular flexibility index (Phi) is 4.33. The van der Waals surface area contributed by atoms with Crippen molar-refractivity contribution in [1.82, 2.24) is 0 Å². The zero-order valence-electron chi connectivity index (χ0n) is 10.1. The van der Waals surface area contributed by atoms with Gasteiger partial charge in [-0.3, -0.25) is 0 Å². The van der Waals surface area contributed by atoms with Crippen molar-refractivity contribution in [3.8, 4) is 5.75 Å². The average molecular weight is 266 g/mol. The van der Waals surface area contributed by atoms with Crippen LogP contribution in [0.2, 0.25) is 0 Å². The summed E-state index contributed by atoms with van der Waals surface area (Å²) in [5.41, 5.74) is 0. The molecule has 2 rings (SSSR count). The van der Waals surface area contributed by atoms with Crippen LogP contribution in [0.15, 0.2) is 36.4 Å². The molecule has 1 N–H and O–H groups in total. The predicted octanol–water partition coefficient (Wildman–Crippen LogP) is 3.35. The molecule has 0 bridgehead atoms. The second kappa shape index (κ2) is 5.98. The molecule has 0 aliphatic rings. The molecule has 1 unspecified atom stereocenters. The number of benzene rings is 1. The number of thiophene rings is 1. The summed E-state index contributed by atoms with van der Waals surface area (Å²) in [5, 5.41) is 9.37.